The molecule has 0 saturated heterocycles. The van der Waals surface area contributed by atoms with Crippen LogP contribution >= 0.6 is 0 Å². The molecule has 1 aliphatic carbocycles. The Labute approximate surface area is 153 Å². The van der Waals surface area contributed by atoms with Gasteiger partial charge < -0.3 is 20.7 Å². The quantitative estimate of drug-likeness (QED) is 0.722. The lowest BCUT2D eigenvalue weighted by Gasteiger charge is -2.49. The van der Waals surface area contributed by atoms with Gasteiger partial charge in [-0.15, -0.1) is 0 Å². The minimum atomic E-state index is -1.68. The van der Waals surface area contributed by atoms with Gasteiger partial charge >= 0.3 is 5.97 Å². The van der Waals surface area contributed by atoms with Crippen LogP contribution in [0.5, 0.6) is 0 Å². The number of hydrogen-bond acceptors (Lipinski definition) is 4. The molecule has 1 amide bonds. The molecular formula is C20H25NO5. The summed E-state index contributed by atoms with van der Waals surface area (Å²) in [4.78, 5) is 23.5. The molecule has 0 aromatic heterocycles. The fourth-order valence-corrected chi connectivity index (χ4v) is 3.35. The number of carboxylic acid groups (broad SMARTS) is 1. The van der Waals surface area contributed by atoms with E-state index in [2.05, 4.69) is 0 Å². The first-order valence-corrected chi connectivity index (χ1v) is 8.50. The summed E-state index contributed by atoms with van der Waals surface area (Å²) in [5.74, 6) is -2.20. The molecule has 6 nitrogen and oxygen atoms in total. The van der Waals surface area contributed by atoms with Gasteiger partial charge in [-0.05, 0) is 38.0 Å². The predicted octanol–water partition coefficient (Wildman–Crippen LogP) is 2.37. The maximum atomic E-state index is 11.8. The van der Waals surface area contributed by atoms with Gasteiger partial charge in [0.05, 0.1) is 11.7 Å². The van der Waals surface area contributed by atoms with E-state index >= 15 is 0 Å². The number of amides is 1. The van der Waals surface area contributed by atoms with E-state index in [1.807, 2.05) is 0 Å². The Kier molecular flexibility index (Phi) is 5.39. The number of carbonyl (C=O) groups is 2. The van der Waals surface area contributed by atoms with Crippen molar-refractivity contribution in [3.05, 3.63) is 59.2 Å². The Morgan fingerprint density at radius 1 is 1.15 bits per heavy atom. The van der Waals surface area contributed by atoms with Crippen LogP contribution in [0.1, 0.15) is 43.6 Å². The van der Waals surface area contributed by atoms with Crippen LogP contribution in [0.3, 0.4) is 0 Å². The van der Waals surface area contributed by atoms with E-state index in [4.69, 9.17) is 10.5 Å². The average Bonchev–Trinajstić information content (AvgIpc) is 2.55. The van der Waals surface area contributed by atoms with Crippen molar-refractivity contribution in [2.75, 3.05) is 0 Å². The van der Waals surface area contributed by atoms with Crippen molar-refractivity contribution >= 4 is 11.9 Å². The van der Waals surface area contributed by atoms with Crippen LogP contribution in [0.25, 0.3) is 0 Å². The van der Waals surface area contributed by atoms with E-state index < -0.39 is 29.0 Å². The van der Waals surface area contributed by atoms with E-state index in [-0.39, 0.29) is 17.2 Å². The number of nitrogens with two attached hydrogens (primary N) is 1. The predicted molar refractivity (Wildman–Crippen MR) is 97.5 cm³/mol. The Morgan fingerprint density at radius 3 is 2.27 bits per heavy atom. The molecule has 0 bridgehead atoms. The number of ether oxygens (including phenoxy) is 1. The lowest BCUT2D eigenvalue weighted by molar-refractivity contribution is -0.178. The third-order valence-electron chi connectivity index (χ3n) is 4.61. The summed E-state index contributed by atoms with van der Waals surface area (Å²) in [6.45, 7) is 7.15. The number of benzene rings is 1. The number of carbonyl (C=O) groups excluding carboxylic acids is 1. The SMILES string of the molecule is CC(C)OC1(c2ccccc2C(=O)O)C=CC(C(N)=O)=CC1(O)C(C)C. The highest BCUT2D eigenvalue weighted by Gasteiger charge is 2.55. The van der Waals surface area contributed by atoms with E-state index in [1.165, 1.54) is 24.3 Å². The van der Waals surface area contributed by atoms with Crippen LogP contribution < -0.4 is 5.73 Å². The largest absolute Gasteiger partial charge is 0.478 e. The molecule has 1 aromatic rings. The number of aromatic carboxylic acids is 1. The minimum Gasteiger partial charge on any atom is -0.478 e. The van der Waals surface area contributed by atoms with Gasteiger partial charge in [-0.25, -0.2) is 4.79 Å². The fourth-order valence-electron chi connectivity index (χ4n) is 3.35. The molecule has 6 heteroatoms. The molecule has 0 radical (unpaired) electrons. The van der Waals surface area contributed by atoms with Gasteiger partial charge in [-0.3, -0.25) is 4.79 Å². The van der Waals surface area contributed by atoms with Crippen molar-refractivity contribution in [2.24, 2.45) is 11.7 Å². The van der Waals surface area contributed by atoms with E-state index in [0.717, 1.165) is 0 Å². The van der Waals surface area contributed by atoms with Crippen LogP contribution in [0.15, 0.2) is 48.1 Å². The molecular weight excluding hydrogens is 334 g/mol. The maximum Gasteiger partial charge on any atom is 0.336 e. The number of carboxylic acids is 1. The van der Waals surface area contributed by atoms with Gasteiger partial charge in [0.1, 0.15) is 11.2 Å². The molecule has 0 saturated carbocycles. The second-order valence-corrected chi connectivity index (χ2v) is 7.03. The van der Waals surface area contributed by atoms with Crippen molar-refractivity contribution < 1.29 is 24.5 Å². The lowest BCUT2D eigenvalue weighted by Crippen LogP contribution is -2.57. The molecule has 4 N–H and O–H groups in total. The molecule has 26 heavy (non-hydrogen) atoms. The second kappa shape index (κ2) is 7.05. The zero-order valence-corrected chi connectivity index (χ0v) is 15.4. The number of primary amides is 1. The average molecular weight is 359 g/mol. The molecule has 140 valence electrons. The number of rotatable bonds is 6. The molecule has 2 rings (SSSR count). The third-order valence-corrected chi connectivity index (χ3v) is 4.61. The summed E-state index contributed by atoms with van der Waals surface area (Å²) in [5.41, 5.74) is 2.71. The smallest absolute Gasteiger partial charge is 0.336 e. The summed E-state index contributed by atoms with van der Waals surface area (Å²) in [6.07, 6.45) is 4.06. The fraction of sp³-hybridized carbons (Fsp3) is 0.400. The number of aliphatic hydroxyl groups is 1. The highest BCUT2D eigenvalue weighted by Crippen LogP contribution is 2.48. The van der Waals surface area contributed by atoms with E-state index in [1.54, 1.807) is 45.9 Å². The van der Waals surface area contributed by atoms with Gasteiger partial charge in [0.2, 0.25) is 5.91 Å². The van der Waals surface area contributed by atoms with Gasteiger partial charge in [-0.1, -0.05) is 38.1 Å². The van der Waals surface area contributed by atoms with E-state index in [9.17, 15) is 19.8 Å². The first-order valence-electron chi connectivity index (χ1n) is 8.50. The summed E-state index contributed by atoms with van der Waals surface area (Å²) in [5, 5.41) is 21.3. The van der Waals surface area contributed by atoms with Crippen LogP contribution in [0, 0.1) is 5.92 Å². The molecule has 1 aliphatic rings. The molecule has 0 heterocycles. The Balaban J connectivity index is 2.85. The zero-order chi connectivity index (χ0) is 19.7. The molecule has 0 aliphatic heterocycles. The lowest BCUT2D eigenvalue weighted by atomic mass is 9.66. The van der Waals surface area contributed by atoms with Crippen molar-refractivity contribution in [1.29, 1.82) is 0 Å². The second-order valence-electron chi connectivity index (χ2n) is 7.03. The van der Waals surface area contributed by atoms with Crippen LogP contribution in [-0.2, 0) is 15.1 Å². The molecule has 1 aromatic carbocycles. The highest BCUT2D eigenvalue weighted by molar-refractivity contribution is 5.96. The zero-order valence-electron chi connectivity index (χ0n) is 15.4. The van der Waals surface area contributed by atoms with Crippen LogP contribution in [0.2, 0.25) is 0 Å². The standard InChI is InChI=1S/C20H25NO5/c1-12(2)19(25)11-14(17(21)22)9-10-20(19,26-13(3)4)16-8-6-5-7-15(16)18(23)24/h5-13,25H,1-4H3,(H2,21,22)(H,23,24). The van der Waals surface area contributed by atoms with Crippen molar-refractivity contribution in [2.45, 2.75) is 45.0 Å². The Morgan fingerprint density at radius 2 is 1.77 bits per heavy atom. The van der Waals surface area contributed by atoms with Crippen molar-refractivity contribution in [3.8, 4) is 0 Å². The highest BCUT2D eigenvalue weighted by atomic mass is 16.5. The summed E-state index contributed by atoms with van der Waals surface area (Å²) in [7, 11) is 0. The van der Waals surface area contributed by atoms with Gasteiger partial charge in [0.15, 0.2) is 0 Å². The minimum absolute atomic E-state index is 0.0211. The monoisotopic (exact) mass is 359 g/mol. The maximum absolute atomic E-state index is 11.8. The first-order chi connectivity index (χ1) is 12.0. The summed E-state index contributed by atoms with van der Waals surface area (Å²) < 4.78 is 6.16. The summed E-state index contributed by atoms with van der Waals surface area (Å²) in [6, 6.07) is 6.38. The summed E-state index contributed by atoms with van der Waals surface area (Å²) >= 11 is 0. The first kappa shape index (κ1) is 19.9. The van der Waals surface area contributed by atoms with Crippen LogP contribution in [-0.4, -0.2) is 33.8 Å². The Bertz CT molecular complexity index is 780. The Hall–Kier alpha value is -2.44. The van der Waals surface area contributed by atoms with Crippen LogP contribution in [0.4, 0.5) is 0 Å². The van der Waals surface area contributed by atoms with Gasteiger partial charge in [0, 0.05) is 11.1 Å². The topological polar surface area (TPSA) is 110 Å². The van der Waals surface area contributed by atoms with Gasteiger partial charge in [-0.2, -0.15) is 0 Å². The molecule has 2 atom stereocenters. The molecule has 0 spiro atoms. The van der Waals surface area contributed by atoms with Crippen molar-refractivity contribution in [1.82, 2.24) is 0 Å². The molecule has 0 fully saturated rings. The third kappa shape index (κ3) is 3.18. The van der Waals surface area contributed by atoms with E-state index in [0.29, 0.717) is 5.56 Å². The number of hydrogen-bond donors (Lipinski definition) is 3. The van der Waals surface area contributed by atoms with Crippen molar-refractivity contribution in [3.63, 3.8) is 0 Å². The normalized spacial score (nSPS) is 25.4. The molecule has 2 unspecified atom stereocenters. The van der Waals surface area contributed by atoms with Gasteiger partial charge in [0.25, 0.3) is 0 Å².